The molecule has 2 rings (SSSR count). The molecule has 0 saturated carbocycles. The van der Waals surface area contributed by atoms with Gasteiger partial charge in [-0.05, 0) is 19.1 Å². The van der Waals surface area contributed by atoms with Crippen LogP contribution in [0.1, 0.15) is 35.4 Å². The van der Waals surface area contributed by atoms with Crippen LogP contribution in [0, 0.1) is 0 Å². The number of hydrogen-bond acceptors (Lipinski definition) is 5. The van der Waals surface area contributed by atoms with E-state index in [2.05, 4.69) is 0 Å². The van der Waals surface area contributed by atoms with Crippen molar-refractivity contribution in [3.63, 3.8) is 0 Å². The van der Waals surface area contributed by atoms with Gasteiger partial charge in [-0.25, -0.2) is 4.79 Å². The summed E-state index contributed by atoms with van der Waals surface area (Å²) in [6.45, 7) is 1.34. The van der Waals surface area contributed by atoms with E-state index in [0.29, 0.717) is 5.56 Å². The van der Waals surface area contributed by atoms with Crippen molar-refractivity contribution >= 4 is 11.8 Å². The van der Waals surface area contributed by atoms with Crippen molar-refractivity contribution in [2.24, 2.45) is 0 Å². The molecule has 1 aliphatic heterocycles. The summed E-state index contributed by atoms with van der Waals surface area (Å²) in [4.78, 5) is 22.4. The van der Waals surface area contributed by atoms with Crippen LogP contribution in [-0.2, 0) is 9.53 Å². The Hall–Kier alpha value is -2.08. The van der Waals surface area contributed by atoms with Crippen LogP contribution in [0.15, 0.2) is 12.1 Å². The van der Waals surface area contributed by atoms with Crippen LogP contribution in [-0.4, -0.2) is 35.2 Å². The molecule has 0 radical (unpaired) electrons. The van der Waals surface area contributed by atoms with Crippen LogP contribution in [0.2, 0.25) is 0 Å². The molecule has 0 fully saturated rings. The van der Waals surface area contributed by atoms with E-state index in [-0.39, 0.29) is 29.3 Å². The lowest BCUT2D eigenvalue weighted by Gasteiger charge is -2.30. The Morgan fingerprint density at radius 1 is 1.42 bits per heavy atom. The van der Waals surface area contributed by atoms with Crippen molar-refractivity contribution in [2.45, 2.75) is 25.6 Å². The molecular weight excluding hydrogens is 252 g/mol. The highest BCUT2D eigenvalue weighted by molar-refractivity contribution is 5.97. The molecule has 1 aromatic rings. The molecule has 19 heavy (non-hydrogen) atoms. The Morgan fingerprint density at radius 2 is 2.11 bits per heavy atom. The van der Waals surface area contributed by atoms with Crippen molar-refractivity contribution in [1.29, 1.82) is 0 Å². The Kier molecular flexibility index (Phi) is 3.44. The van der Waals surface area contributed by atoms with Gasteiger partial charge in [0, 0.05) is 13.5 Å². The van der Waals surface area contributed by atoms with E-state index in [4.69, 9.17) is 14.6 Å². The topological polar surface area (TPSA) is 93.1 Å². The summed E-state index contributed by atoms with van der Waals surface area (Å²) < 4.78 is 10.5. The van der Waals surface area contributed by atoms with Gasteiger partial charge in [-0.15, -0.1) is 0 Å². The van der Waals surface area contributed by atoms with E-state index >= 15 is 0 Å². The van der Waals surface area contributed by atoms with Gasteiger partial charge < -0.3 is 19.7 Å². The van der Waals surface area contributed by atoms with Crippen molar-refractivity contribution < 1.29 is 29.3 Å². The first-order chi connectivity index (χ1) is 8.95. The molecule has 1 aromatic carbocycles. The number of aromatic hydroxyl groups is 1. The zero-order valence-corrected chi connectivity index (χ0v) is 10.5. The lowest BCUT2D eigenvalue weighted by atomic mass is 9.94. The largest absolute Gasteiger partial charge is 0.507 e. The minimum atomic E-state index is -1.09. The molecule has 2 N–H and O–H groups in total. The van der Waals surface area contributed by atoms with Crippen molar-refractivity contribution in [3.05, 3.63) is 23.3 Å². The van der Waals surface area contributed by atoms with E-state index in [9.17, 15) is 14.7 Å². The molecule has 2 atom stereocenters. The van der Waals surface area contributed by atoms with Crippen molar-refractivity contribution in [3.8, 4) is 11.5 Å². The predicted octanol–water partition coefficient (Wildman–Crippen LogP) is 1.52. The number of Topliss-reactive ketones (excluding diaryl/α,β-unsaturated/α-hetero) is 1. The fourth-order valence-corrected chi connectivity index (χ4v) is 2.17. The Morgan fingerprint density at radius 3 is 2.63 bits per heavy atom. The first-order valence-electron chi connectivity index (χ1n) is 5.74. The second-order valence-electron chi connectivity index (χ2n) is 4.33. The molecule has 0 spiro atoms. The summed E-state index contributed by atoms with van der Waals surface area (Å²) in [6, 6.07) is 2.89. The molecule has 6 nitrogen and oxygen atoms in total. The number of rotatable bonds is 3. The number of carbonyl (C=O) groups is 2. The predicted molar refractivity (Wildman–Crippen MR) is 64.5 cm³/mol. The SMILES string of the molecule is CO[C@H]1C[C@H](C(=O)O)Oc2ccc(C(C)=O)c(O)c21. The summed E-state index contributed by atoms with van der Waals surface area (Å²) in [7, 11) is 1.42. The molecule has 0 saturated heterocycles. The summed E-state index contributed by atoms with van der Waals surface area (Å²) >= 11 is 0. The molecule has 0 aliphatic carbocycles. The van der Waals surface area contributed by atoms with Gasteiger partial charge in [0.15, 0.2) is 11.9 Å². The third-order valence-corrected chi connectivity index (χ3v) is 3.14. The molecule has 0 bridgehead atoms. The Bertz CT molecular complexity index is 536. The fraction of sp³-hybridized carbons (Fsp3) is 0.385. The first-order valence-corrected chi connectivity index (χ1v) is 5.74. The number of hydrogen-bond donors (Lipinski definition) is 2. The number of benzene rings is 1. The van der Waals surface area contributed by atoms with Gasteiger partial charge in [-0.2, -0.15) is 0 Å². The average molecular weight is 266 g/mol. The maximum atomic E-state index is 11.4. The number of ketones is 1. The van der Waals surface area contributed by atoms with E-state index < -0.39 is 18.2 Å². The monoisotopic (exact) mass is 266 g/mol. The molecule has 102 valence electrons. The highest BCUT2D eigenvalue weighted by Crippen LogP contribution is 2.43. The Balaban J connectivity index is 2.52. The molecule has 0 aromatic heterocycles. The molecule has 0 amide bonds. The van der Waals surface area contributed by atoms with Crippen LogP contribution < -0.4 is 4.74 Å². The fourth-order valence-electron chi connectivity index (χ4n) is 2.17. The second kappa shape index (κ2) is 4.89. The summed E-state index contributed by atoms with van der Waals surface area (Å²) in [6.07, 6.45) is -1.57. The quantitative estimate of drug-likeness (QED) is 0.806. The lowest BCUT2D eigenvalue weighted by Crippen LogP contribution is -2.33. The smallest absolute Gasteiger partial charge is 0.345 e. The Labute approximate surface area is 109 Å². The highest BCUT2D eigenvalue weighted by atomic mass is 16.5. The number of carboxylic acid groups (broad SMARTS) is 1. The number of carbonyl (C=O) groups excluding carboxylic acids is 1. The molecule has 1 heterocycles. The van der Waals surface area contributed by atoms with Crippen LogP contribution >= 0.6 is 0 Å². The summed E-state index contributed by atoms with van der Waals surface area (Å²) in [5, 5.41) is 19.1. The number of ether oxygens (including phenoxy) is 2. The molecule has 0 unspecified atom stereocenters. The first kappa shape index (κ1) is 13.4. The molecular formula is C13H14O6. The van der Waals surface area contributed by atoms with E-state index in [1.165, 1.54) is 26.2 Å². The maximum Gasteiger partial charge on any atom is 0.345 e. The molecule has 6 heteroatoms. The maximum absolute atomic E-state index is 11.4. The van der Waals surface area contributed by atoms with Gasteiger partial charge in [0.05, 0.1) is 17.2 Å². The number of methoxy groups -OCH3 is 1. The lowest BCUT2D eigenvalue weighted by molar-refractivity contribution is -0.148. The minimum Gasteiger partial charge on any atom is -0.507 e. The number of fused-ring (bicyclic) bond motifs is 1. The van der Waals surface area contributed by atoms with Gasteiger partial charge in [-0.3, -0.25) is 4.79 Å². The zero-order chi connectivity index (χ0) is 14.2. The summed E-state index contributed by atoms with van der Waals surface area (Å²) in [5.41, 5.74) is 0.492. The van der Waals surface area contributed by atoms with Crippen LogP contribution in [0.4, 0.5) is 0 Å². The van der Waals surface area contributed by atoms with E-state index in [0.717, 1.165) is 0 Å². The number of phenols is 1. The average Bonchev–Trinajstić information content (AvgIpc) is 2.37. The minimum absolute atomic E-state index is 0.0771. The van der Waals surface area contributed by atoms with Crippen LogP contribution in [0.5, 0.6) is 11.5 Å². The third-order valence-electron chi connectivity index (χ3n) is 3.14. The van der Waals surface area contributed by atoms with Gasteiger partial charge in [0.2, 0.25) is 0 Å². The van der Waals surface area contributed by atoms with Gasteiger partial charge in [0.25, 0.3) is 0 Å². The van der Waals surface area contributed by atoms with Crippen molar-refractivity contribution in [2.75, 3.05) is 7.11 Å². The second-order valence-corrected chi connectivity index (χ2v) is 4.33. The van der Waals surface area contributed by atoms with Gasteiger partial charge >= 0.3 is 5.97 Å². The third kappa shape index (κ3) is 2.26. The summed E-state index contributed by atoms with van der Waals surface area (Å²) in [5.74, 6) is -1.35. The van der Waals surface area contributed by atoms with Gasteiger partial charge in [0.1, 0.15) is 11.5 Å². The highest BCUT2D eigenvalue weighted by Gasteiger charge is 2.35. The number of phenolic OH excluding ortho intramolecular Hbond substituents is 1. The van der Waals surface area contributed by atoms with E-state index in [1.807, 2.05) is 0 Å². The van der Waals surface area contributed by atoms with Gasteiger partial charge in [-0.1, -0.05) is 0 Å². The van der Waals surface area contributed by atoms with Crippen LogP contribution in [0.3, 0.4) is 0 Å². The van der Waals surface area contributed by atoms with E-state index in [1.54, 1.807) is 0 Å². The molecule has 1 aliphatic rings. The van der Waals surface area contributed by atoms with Crippen molar-refractivity contribution in [1.82, 2.24) is 0 Å². The normalized spacial score (nSPS) is 21.4. The standard InChI is InChI=1S/C13H14O6/c1-6(14)7-3-4-8-11(12(7)15)9(18-2)5-10(19-8)13(16)17/h3-4,9-10,15H,5H2,1-2H3,(H,16,17)/t9-,10+/m0/s1. The zero-order valence-electron chi connectivity index (χ0n) is 10.5. The van der Waals surface area contributed by atoms with Crippen LogP contribution in [0.25, 0.3) is 0 Å². The number of carboxylic acids is 1. The number of aliphatic carboxylic acids is 1.